The molecule has 0 aliphatic heterocycles. The zero-order chi connectivity index (χ0) is 18.2. The van der Waals surface area contributed by atoms with Crippen LogP contribution in [0.3, 0.4) is 0 Å². The van der Waals surface area contributed by atoms with Crippen LogP contribution in [0.4, 0.5) is 0 Å². The van der Waals surface area contributed by atoms with E-state index in [9.17, 15) is 0 Å². The van der Waals surface area contributed by atoms with Crippen LogP contribution >= 0.6 is 24.0 Å². The maximum absolute atomic E-state index is 4.44. The Hall–Kier alpha value is -2.35. The summed E-state index contributed by atoms with van der Waals surface area (Å²) in [6, 6.07) is 20.7. The molecule has 0 fully saturated rings. The minimum Gasteiger partial charge on any atom is -0.356 e. The third kappa shape index (κ3) is 6.09. The predicted octanol–water partition coefficient (Wildman–Crippen LogP) is 3.96. The van der Waals surface area contributed by atoms with E-state index in [0.717, 1.165) is 24.6 Å². The van der Waals surface area contributed by atoms with Gasteiger partial charge in [-0.05, 0) is 36.6 Å². The monoisotopic (exact) mass is 475 g/mol. The molecule has 2 aromatic carbocycles. The van der Waals surface area contributed by atoms with Crippen molar-refractivity contribution in [2.45, 2.75) is 19.4 Å². The molecule has 0 saturated heterocycles. The van der Waals surface area contributed by atoms with Gasteiger partial charge in [-0.3, -0.25) is 4.99 Å². The second kappa shape index (κ2) is 10.7. The first-order valence-electron chi connectivity index (χ1n) is 8.87. The van der Waals surface area contributed by atoms with Gasteiger partial charge in [0.2, 0.25) is 0 Å². The van der Waals surface area contributed by atoms with E-state index < -0.39 is 0 Å². The molecule has 1 aromatic heterocycles. The lowest BCUT2D eigenvalue weighted by Crippen LogP contribution is -2.39. The van der Waals surface area contributed by atoms with Crippen molar-refractivity contribution in [3.63, 3.8) is 0 Å². The largest absolute Gasteiger partial charge is 0.356 e. The number of halogens is 1. The molecule has 0 aliphatic carbocycles. The Kier molecular flexibility index (Phi) is 8.32. The number of rotatable bonds is 6. The first kappa shape index (κ1) is 21.0. The van der Waals surface area contributed by atoms with Crippen LogP contribution in [-0.2, 0) is 6.42 Å². The van der Waals surface area contributed by atoms with Gasteiger partial charge in [0.15, 0.2) is 5.96 Å². The van der Waals surface area contributed by atoms with Crippen molar-refractivity contribution in [3.8, 4) is 5.69 Å². The van der Waals surface area contributed by atoms with E-state index in [-0.39, 0.29) is 30.0 Å². The maximum Gasteiger partial charge on any atom is 0.191 e. The van der Waals surface area contributed by atoms with Gasteiger partial charge >= 0.3 is 0 Å². The predicted molar refractivity (Wildman–Crippen MR) is 122 cm³/mol. The molecule has 6 heteroatoms. The normalized spacial score (nSPS) is 12.1. The molecule has 3 aromatic rings. The minimum absolute atomic E-state index is 0. The fourth-order valence-electron chi connectivity index (χ4n) is 2.76. The number of guanidine groups is 1. The minimum atomic E-state index is 0. The molecule has 2 N–H and O–H groups in total. The standard InChI is InChI=1S/C21H25N5.HI/c1-17(19-9-5-3-6-10-19)25-21(22-2)23-14-13-18-15-24-26(16-18)20-11-7-4-8-12-20;/h3-12,15-17H,13-14H2,1-2H3,(H2,22,23,25);1H. The number of benzene rings is 2. The van der Waals surface area contributed by atoms with Gasteiger partial charge in [0.05, 0.1) is 17.9 Å². The second-order valence-corrected chi connectivity index (χ2v) is 6.15. The van der Waals surface area contributed by atoms with Gasteiger partial charge in [0, 0.05) is 19.8 Å². The number of aromatic nitrogens is 2. The van der Waals surface area contributed by atoms with Gasteiger partial charge in [-0.25, -0.2) is 4.68 Å². The van der Waals surface area contributed by atoms with E-state index in [1.807, 2.05) is 59.4 Å². The summed E-state index contributed by atoms with van der Waals surface area (Å²) in [5.74, 6) is 0.803. The first-order valence-corrected chi connectivity index (χ1v) is 8.87. The number of para-hydroxylation sites is 1. The quantitative estimate of drug-likeness (QED) is 0.323. The summed E-state index contributed by atoms with van der Waals surface area (Å²) in [7, 11) is 1.79. The molecule has 0 bridgehead atoms. The summed E-state index contributed by atoms with van der Waals surface area (Å²) in [5, 5.41) is 11.2. The summed E-state index contributed by atoms with van der Waals surface area (Å²) in [6.07, 6.45) is 4.87. The molecule has 0 radical (unpaired) electrons. The van der Waals surface area contributed by atoms with Gasteiger partial charge in [-0.15, -0.1) is 24.0 Å². The zero-order valence-electron chi connectivity index (χ0n) is 15.7. The Labute approximate surface area is 177 Å². The molecule has 1 atom stereocenters. The molecule has 1 unspecified atom stereocenters. The summed E-state index contributed by atoms with van der Waals surface area (Å²) < 4.78 is 1.90. The Morgan fingerprint density at radius 2 is 1.74 bits per heavy atom. The highest BCUT2D eigenvalue weighted by Gasteiger charge is 2.07. The summed E-state index contributed by atoms with van der Waals surface area (Å²) in [4.78, 5) is 4.31. The molecule has 0 aliphatic rings. The molecular formula is C21H26IN5. The Balaban J connectivity index is 0.00000261. The van der Waals surface area contributed by atoms with Crippen LogP contribution in [0.15, 0.2) is 78.0 Å². The van der Waals surface area contributed by atoms with Gasteiger partial charge in [0.25, 0.3) is 0 Å². The fraction of sp³-hybridized carbons (Fsp3) is 0.238. The molecular weight excluding hydrogens is 449 g/mol. The summed E-state index contributed by atoms with van der Waals surface area (Å²) in [5.41, 5.74) is 3.49. The van der Waals surface area contributed by atoms with Gasteiger partial charge < -0.3 is 10.6 Å². The maximum atomic E-state index is 4.44. The van der Waals surface area contributed by atoms with E-state index in [4.69, 9.17) is 0 Å². The van der Waals surface area contributed by atoms with Gasteiger partial charge in [-0.1, -0.05) is 48.5 Å². The molecule has 1 heterocycles. The summed E-state index contributed by atoms with van der Waals surface area (Å²) >= 11 is 0. The Bertz CT molecular complexity index is 830. The van der Waals surface area contributed by atoms with Gasteiger partial charge in [-0.2, -0.15) is 5.10 Å². The number of aliphatic imine (C=N–C) groups is 1. The van der Waals surface area contributed by atoms with Gasteiger partial charge in [0.1, 0.15) is 0 Å². The number of nitrogens with one attached hydrogen (secondary N) is 2. The fourth-order valence-corrected chi connectivity index (χ4v) is 2.76. The molecule has 3 rings (SSSR count). The lowest BCUT2D eigenvalue weighted by atomic mass is 10.1. The van der Waals surface area contributed by atoms with E-state index in [2.05, 4.69) is 46.0 Å². The van der Waals surface area contributed by atoms with Crippen LogP contribution < -0.4 is 10.6 Å². The highest BCUT2D eigenvalue weighted by Crippen LogP contribution is 2.11. The van der Waals surface area contributed by atoms with Crippen LogP contribution in [0.25, 0.3) is 5.69 Å². The molecule has 0 saturated carbocycles. The average molecular weight is 475 g/mol. The van der Waals surface area contributed by atoms with Crippen LogP contribution in [-0.4, -0.2) is 29.3 Å². The van der Waals surface area contributed by atoms with Crippen molar-refractivity contribution in [3.05, 3.63) is 84.2 Å². The molecule has 142 valence electrons. The highest BCUT2D eigenvalue weighted by atomic mass is 127. The molecule has 0 amide bonds. The highest BCUT2D eigenvalue weighted by molar-refractivity contribution is 14.0. The van der Waals surface area contributed by atoms with Crippen molar-refractivity contribution in [2.75, 3.05) is 13.6 Å². The smallest absolute Gasteiger partial charge is 0.191 e. The molecule has 27 heavy (non-hydrogen) atoms. The lowest BCUT2D eigenvalue weighted by molar-refractivity contribution is 0.684. The van der Waals surface area contributed by atoms with Crippen LogP contribution in [0.5, 0.6) is 0 Å². The van der Waals surface area contributed by atoms with E-state index in [0.29, 0.717) is 0 Å². The summed E-state index contributed by atoms with van der Waals surface area (Å²) in [6.45, 7) is 2.92. The number of nitrogens with zero attached hydrogens (tertiary/aromatic N) is 3. The van der Waals surface area contributed by atoms with E-state index >= 15 is 0 Å². The topological polar surface area (TPSA) is 54.2 Å². The molecule has 5 nitrogen and oxygen atoms in total. The SMILES string of the molecule is CN=C(NCCc1cnn(-c2ccccc2)c1)NC(C)c1ccccc1.I. The third-order valence-corrected chi connectivity index (χ3v) is 4.24. The van der Waals surface area contributed by atoms with E-state index in [1.165, 1.54) is 11.1 Å². The van der Waals surface area contributed by atoms with Crippen LogP contribution in [0.1, 0.15) is 24.1 Å². The van der Waals surface area contributed by atoms with Crippen molar-refractivity contribution < 1.29 is 0 Å². The number of hydrogen-bond donors (Lipinski definition) is 2. The van der Waals surface area contributed by atoms with Crippen LogP contribution in [0.2, 0.25) is 0 Å². The average Bonchev–Trinajstić information content (AvgIpc) is 3.17. The Morgan fingerprint density at radius 3 is 2.41 bits per heavy atom. The van der Waals surface area contributed by atoms with Crippen molar-refractivity contribution in [1.82, 2.24) is 20.4 Å². The first-order chi connectivity index (χ1) is 12.8. The van der Waals surface area contributed by atoms with Crippen molar-refractivity contribution in [1.29, 1.82) is 0 Å². The van der Waals surface area contributed by atoms with E-state index in [1.54, 1.807) is 7.05 Å². The Morgan fingerprint density at radius 1 is 1.07 bits per heavy atom. The van der Waals surface area contributed by atoms with Crippen molar-refractivity contribution >= 4 is 29.9 Å². The van der Waals surface area contributed by atoms with Crippen LogP contribution in [0, 0.1) is 0 Å². The zero-order valence-corrected chi connectivity index (χ0v) is 18.0. The van der Waals surface area contributed by atoms with Crippen molar-refractivity contribution in [2.24, 2.45) is 4.99 Å². The number of hydrogen-bond acceptors (Lipinski definition) is 2. The second-order valence-electron chi connectivity index (χ2n) is 6.15. The third-order valence-electron chi connectivity index (χ3n) is 4.24. The lowest BCUT2D eigenvalue weighted by Gasteiger charge is -2.18. The molecule has 0 spiro atoms.